The average Bonchev–Trinajstić information content (AvgIpc) is 2.26. The molecule has 0 radical (unpaired) electrons. The van der Waals surface area contributed by atoms with Gasteiger partial charge in [0.2, 0.25) is 0 Å². The zero-order chi connectivity index (χ0) is 14.0. The molecule has 2 atom stereocenters. The molecular weight excluding hydrogens is 239 g/mol. The minimum absolute atomic E-state index is 0.257. The highest BCUT2D eigenvalue weighted by molar-refractivity contribution is 5.27. The van der Waals surface area contributed by atoms with Gasteiger partial charge in [-0.15, -0.1) is 0 Å². The number of halogens is 3. The monoisotopic (exact) mass is 259 g/mol. The zero-order valence-electron chi connectivity index (χ0n) is 11.0. The molecule has 0 aromatic heterocycles. The Morgan fingerprint density at radius 2 is 1.89 bits per heavy atom. The molecule has 0 fully saturated rings. The maximum Gasteiger partial charge on any atom is 0.416 e. The van der Waals surface area contributed by atoms with E-state index in [1.165, 1.54) is 12.1 Å². The number of rotatable bonds is 4. The maximum atomic E-state index is 12.6. The second-order valence-electron chi connectivity index (χ2n) is 5.19. The lowest BCUT2D eigenvalue weighted by molar-refractivity contribution is -0.137. The number of benzene rings is 1. The molecule has 2 N–H and O–H groups in total. The van der Waals surface area contributed by atoms with Crippen LogP contribution in [0.4, 0.5) is 13.2 Å². The van der Waals surface area contributed by atoms with Crippen molar-refractivity contribution in [2.45, 2.75) is 45.3 Å². The predicted molar refractivity (Wildman–Crippen MR) is 67.2 cm³/mol. The fraction of sp³-hybridized carbons (Fsp3) is 0.571. The summed E-state index contributed by atoms with van der Waals surface area (Å²) in [5, 5.41) is 0. The highest BCUT2D eigenvalue weighted by Gasteiger charge is 2.31. The topological polar surface area (TPSA) is 26.0 Å². The Morgan fingerprint density at radius 1 is 1.28 bits per heavy atom. The van der Waals surface area contributed by atoms with Gasteiger partial charge in [-0.2, -0.15) is 13.2 Å². The van der Waals surface area contributed by atoms with Crippen LogP contribution in [0.25, 0.3) is 0 Å². The summed E-state index contributed by atoms with van der Waals surface area (Å²) in [5.41, 5.74) is 5.72. The number of alkyl halides is 3. The second kappa shape index (κ2) is 5.31. The van der Waals surface area contributed by atoms with Gasteiger partial charge in [0.25, 0.3) is 0 Å². The van der Waals surface area contributed by atoms with Gasteiger partial charge in [-0.05, 0) is 30.9 Å². The Kier molecular flexibility index (Phi) is 4.43. The molecule has 4 heteroatoms. The van der Waals surface area contributed by atoms with E-state index in [-0.39, 0.29) is 5.92 Å². The fourth-order valence-electron chi connectivity index (χ4n) is 1.94. The number of hydrogen-bond donors (Lipinski definition) is 1. The van der Waals surface area contributed by atoms with Crippen LogP contribution in [0.15, 0.2) is 24.3 Å². The van der Waals surface area contributed by atoms with Crippen molar-refractivity contribution in [1.82, 2.24) is 0 Å². The first-order valence-electron chi connectivity index (χ1n) is 6.12. The minimum Gasteiger partial charge on any atom is -0.325 e. The van der Waals surface area contributed by atoms with Crippen LogP contribution in [0, 0.1) is 5.92 Å². The van der Waals surface area contributed by atoms with E-state index < -0.39 is 17.3 Å². The maximum absolute atomic E-state index is 12.6. The Bertz CT molecular complexity index is 396. The van der Waals surface area contributed by atoms with Crippen LogP contribution in [0.3, 0.4) is 0 Å². The van der Waals surface area contributed by atoms with Crippen molar-refractivity contribution in [3.05, 3.63) is 35.4 Å². The first-order chi connectivity index (χ1) is 8.16. The molecule has 102 valence electrons. The summed E-state index contributed by atoms with van der Waals surface area (Å²) in [6.45, 7) is 5.94. The van der Waals surface area contributed by atoms with Crippen LogP contribution in [0.1, 0.15) is 38.3 Å². The molecule has 1 rings (SSSR count). The van der Waals surface area contributed by atoms with E-state index in [0.29, 0.717) is 12.0 Å². The van der Waals surface area contributed by atoms with Crippen LogP contribution in [-0.4, -0.2) is 5.54 Å². The van der Waals surface area contributed by atoms with Crippen LogP contribution in [0.2, 0.25) is 0 Å². The van der Waals surface area contributed by atoms with Gasteiger partial charge in [-0.1, -0.05) is 38.5 Å². The highest BCUT2D eigenvalue weighted by atomic mass is 19.4. The third-order valence-corrected chi connectivity index (χ3v) is 3.58. The molecule has 18 heavy (non-hydrogen) atoms. The molecule has 0 spiro atoms. The zero-order valence-corrected chi connectivity index (χ0v) is 11.0. The molecule has 0 saturated heterocycles. The van der Waals surface area contributed by atoms with Crippen molar-refractivity contribution in [2.75, 3.05) is 0 Å². The Hall–Kier alpha value is -1.03. The van der Waals surface area contributed by atoms with E-state index in [2.05, 4.69) is 0 Å². The van der Waals surface area contributed by atoms with E-state index in [1.54, 1.807) is 6.07 Å². The molecule has 0 bridgehead atoms. The van der Waals surface area contributed by atoms with Crippen molar-refractivity contribution in [1.29, 1.82) is 0 Å². The lowest BCUT2D eigenvalue weighted by Crippen LogP contribution is -2.44. The van der Waals surface area contributed by atoms with Gasteiger partial charge in [0.05, 0.1) is 5.56 Å². The standard InChI is InChI=1S/C14H20F3N/c1-4-10(2)13(3,18)9-11-6-5-7-12(8-11)14(15,16)17/h5-8,10H,4,9,18H2,1-3H3. The molecule has 0 amide bonds. The van der Waals surface area contributed by atoms with Crippen molar-refractivity contribution in [2.24, 2.45) is 11.7 Å². The molecule has 2 unspecified atom stereocenters. The number of hydrogen-bond acceptors (Lipinski definition) is 1. The highest BCUT2D eigenvalue weighted by Crippen LogP contribution is 2.31. The van der Waals surface area contributed by atoms with Gasteiger partial charge < -0.3 is 5.73 Å². The van der Waals surface area contributed by atoms with Crippen LogP contribution in [0.5, 0.6) is 0 Å². The SMILES string of the molecule is CCC(C)C(C)(N)Cc1cccc(C(F)(F)F)c1. The van der Waals surface area contributed by atoms with E-state index in [0.717, 1.165) is 12.5 Å². The van der Waals surface area contributed by atoms with Crippen molar-refractivity contribution >= 4 is 0 Å². The Morgan fingerprint density at radius 3 is 2.39 bits per heavy atom. The summed E-state index contributed by atoms with van der Waals surface area (Å²) in [5.74, 6) is 0.257. The second-order valence-corrected chi connectivity index (χ2v) is 5.19. The molecule has 0 aliphatic heterocycles. The normalized spacial score (nSPS) is 17.3. The van der Waals surface area contributed by atoms with E-state index in [1.807, 2.05) is 20.8 Å². The van der Waals surface area contributed by atoms with Crippen LogP contribution in [-0.2, 0) is 12.6 Å². The molecule has 0 aliphatic carbocycles. The summed E-state index contributed by atoms with van der Waals surface area (Å²) in [6, 6.07) is 5.40. The molecule has 1 aromatic carbocycles. The summed E-state index contributed by atoms with van der Waals surface area (Å²) < 4.78 is 37.8. The lowest BCUT2D eigenvalue weighted by Gasteiger charge is -2.31. The third-order valence-electron chi connectivity index (χ3n) is 3.58. The molecule has 1 aromatic rings. The van der Waals surface area contributed by atoms with Gasteiger partial charge >= 0.3 is 6.18 Å². The Labute approximate surface area is 106 Å². The molecule has 1 nitrogen and oxygen atoms in total. The van der Waals surface area contributed by atoms with Crippen molar-refractivity contribution < 1.29 is 13.2 Å². The Balaban J connectivity index is 2.92. The van der Waals surface area contributed by atoms with Gasteiger partial charge in [-0.25, -0.2) is 0 Å². The summed E-state index contributed by atoms with van der Waals surface area (Å²) in [6.07, 6.45) is -2.94. The van der Waals surface area contributed by atoms with Gasteiger partial charge in [0.15, 0.2) is 0 Å². The molecule has 0 aliphatic rings. The lowest BCUT2D eigenvalue weighted by atomic mass is 9.81. The van der Waals surface area contributed by atoms with E-state index in [9.17, 15) is 13.2 Å². The van der Waals surface area contributed by atoms with E-state index in [4.69, 9.17) is 5.73 Å². The fourth-order valence-corrected chi connectivity index (χ4v) is 1.94. The first-order valence-corrected chi connectivity index (χ1v) is 6.12. The van der Waals surface area contributed by atoms with Crippen LogP contribution < -0.4 is 5.73 Å². The number of nitrogens with two attached hydrogens (primary N) is 1. The average molecular weight is 259 g/mol. The largest absolute Gasteiger partial charge is 0.416 e. The van der Waals surface area contributed by atoms with Crippen LogP contribution >= 0.6 is 0 Å². The minimum atomic E-state index is -4.29. The van der Waals surface area contributed by atoms with Gasteiger partial charge in [0.1, 0.15) is 0 Å². The quantitative estimate of drug-likeness (QED) is 0.868. The molecule has 0 saturated carbocycles. The van der Waals surface area contributed by atoms with Crippen molar-refractivity contribution in [3.8, 4) is 0 Å². The summed E-state index contributed by atoms with van der Waals surface area (Å²) >= 11 is 0. The first kappa shape index (κ1) is 15.0. The predicted octanol–water partition coefficient (Wildman–Crippen LogP) is 4.01. The van der Waals surface area contributed by atoms with Gasteiger partial charge in [0, 0.05) is 5.54 Å². The summed E-state index contributed by atoms with van der Waals surface area (Å²) in [4.78, 5) is 0. The van der Waals surface area contributed by atoms with E-state index >= 15 is 0 Å². The molecular formula is C14H20F3N. The molecule has 0 heterocycles. The summed E-state index contributed by atoms with van der Waals surface area (Å²) in [7, 11) is 0. The third kappa shape index (κ3) is 3.73. The van der Waals surface area contributed by atoms with Gasteiger partial charge in [-0.3, -0.25) is 0 Å². The van der Waals surface area contributed by atoms with Crippen molar-refractivity contribution in [3.63, 3.8) is 0 Å². The smallest absolute Gasteiger partial charge is 0.325 e.